The predicted molar refractivity (Wildman–Crippen MR) is 79.9 cm³/mol. The minimum Gasteiger partial charge on any atom is -0.478 e. The Hall–Kier alpha value is -2.34. The Morgan fingerprint density at radius 2 is 1.75 bits per heavy atom. The highest BCUT2D eigenvalue weighted by molar-refractivity contribution is 9.10. The van der Waals surface area contributed by atoms with Gasteiger partial charge in [0.05, 0.1) is 11.1 Å². The molecule has 0 fully saturated rings. The standard InChI is InChI=1S/C14H11BrN2O3/c15-9-3-6-11(12(16)7-9)13(18)17-10-4-1-8(2-5-10)14(19)20/h1-7H,16H2,(H,17,18)(H,19,20). The van der Waals surface area contributed by atoms with Gasteiger partial charge >= 0.3 is 5.97 Å². The molecule has 0 aliphatic heterocycles. The topological polar surface area (TPSA) is 92.4 Å². The van der Waals surface area contributed by atoms with Crippen LogP contribution in [0.5, 0.6) is 0 Å². The van der Waals surface area contributed by atoms with Crippen molar-refractivity contribution in [3.05, 3.63) is 58.1 Å². The third-order valence-electron chi connectivity index (χ3n) is 2.65. The zero-order chi connectivity index (χ0) is 14.7. The lowest BCUT2D eigenvalue weighted by Crippen LogP contribution is -2.14. The van der Waals surface area contributed by atoms with Crippen LogP contribution in [-0.2, 0) is 0 Å². The summed E-state index contributed by atoms with van der Waals surface area (Å²) in [6, 6.07) is 10.9. The normalized spacial score (nSPS) is 10.1. The van der Waals surface area contributed by atoms with Gasteiger partial charge in [-0.3, -0.25) is 4.79 Å². The third kappa shape index (κ3) is 3.16. The highest BCUT2D eigenvalue weighted by atomic mass is 79.9. The molecule has 1 amide bonds. The summed E-state index contributed by atoms with van der Waals surface area (Å²) in [5.41, 5.74) is 7.15. The summed E-state index contributed by atoms with van der Waals surface area (Å²) in [4.78, 5) is 22.8. The summed E-state index contributed by atoms with van der Waals surface area (Å²) in [5.74, 6) is -1.36. The predicted octanol–water partition coefficient (Wildman–Crippen LogP) is 2.98. The lowest BCUT2D eigenvalue weighted by Gasteiger charge is -2.08. The molecule has 4 N–H and O–H groups in total. The van der Waals surface area contributed by atoms with Gasteiger partial charge in [0, 0.05) is 15.8 Å². The van der Waals surface area contributed by atoms with Gasteiger partial charge in [-0.25, -0.2) is 4.79 Å². The fourth-order valence-corrected chi connectivity index (χ4v) is 2.01. The molecule has 2 aromatic carbocycles. The van der Waals surface area contributed by atoms with Gasteiger partial charge in [0.25, 0.3) is 5.91 Å². The van der Waals surface area contributed by atoms with Crippen LogP contribution >= 0.6 is 15.9 Å². The second kappa shape index (κ2) is 5.75. The molecule has 0 aromatic heterocycles. The van der Waals surface area contributed by atoms with E-state index in [1.165, 1.54) is 24.3 Å². The quantitative estimate of drug-likeness (QED) is 0.752. The summed E-state index contributed by atoms with van der Waals surface area (Å²) in [6.07, 6.45) is 0. The van der Waals surface area contributed by atoms with Crippen LogP contribution in [0.1, 0.15) is 20.7 Å². The fraction of sp³-hybridized carbons (Fsp3) is 0. The molecule has 0 radical (unpaired) electrons. The zero-order valence-electron chi connectivity index (χ0n) is 10.3. The van der Waals surface area contributed by atoms with Crippen LogP contribution in [0.3, 0.4) is 0 Å². The Morgan fingerprint density at radius 1 is 1.10 bits per heavy atom. The Kier molecular flexibility index (Phi) is 4.05. The number of nitrogen functional groups attached to an aromatic ring is 1. The lowest BCUT2D eigenvalue weighted by atomic mass is 10.1. The summed E-state index contributed by atoms with van der Waals surface area (Å²) < 4.78 is 0.789. The average molecular weight is 335 g/mol. The first-order chi connectivity index (χ1) is 9.47. The number of carboxylic acid groups (broad SMARTS) is 1. The van der Waals surface area contributed by atoms with Crippen LogP contribution in [0.15, 0.2) is 46.9 Å². The Morgan fingerprint density at radius 3 is 2.30 bits per heavy atom. The van der Waals surface area contributed by atoms with Crippen molar-refractivity contribution in [1.82, 2.24) is 0 Å². The molecule has 0 saturated heterocycles. The number of anilines is 2. The van der Waals surface area contributed by atoms with E-state index in [4.69, 9.17) is 10.8 Å². The number of hydrogen-bond donors (Lipinski definition) is 3. The summed E-state index contributed by atoms with van der Waals surface area (Å²) in [6.45, 7) is 0. The molecule has 20 heavy (non-hydrogen) atoms. The maximum atomic E-state index is 12.0. The number of carboxylic acids is 1. The van der Waals surface area contributed by atoms with E-state index in [9.17, 15) is 9.59 Å². The molecule has 0 aliphatic rings. The molecule has 0 atom stereocenters. The maximum absolute atomic E-state index is 12.0. The van der Waals surface area contributed by atoms with Crippen LogP contribution in [0.4, 0.5) is 11.4 Å². The molecule has 0 unspecified atom stereocenters. The van der Waals surface area contributed by atoms with Crippen molar-refractivity contribution in [1.29, 1.82) is 0 Å². The molecule has 0 bridgehead atoms. The van der Waals surface area contributed by atoms with E-state index in [1.54, 1.807) is 18.2 Å². The van der Waals surface area contributed by atoms with Crippen LogP contribution in [0.2, 0.25) is 0 Å². The first-order valence-electron chi connectivity index (χ1n) is 5.67. The van der Waals surface area contributed by atoms with Gasteiger partial charge in [-0.15, -0.1) is 0 Å². The van der Waals surface area contributed by atoms with Gasteiger partial charge in [0.1, 0.15) is 0 Å². The maximum Gasteiger partial charge on any atom is 0.335 e. The third-order valence-corrected chi connectivity index (χ3v) is 3.14. The smallest absolute Gasteiger partial charge is 0.335 e. The fourth-order valence-electron chi connectivity index (χ4n) is 1.63. The number of amides is 1. The van der Waals surface area contributed by atoms with E-state index in [-0.39, 0.29) is 11.5 Å². The van der Waals surface area contributed by atoms with Crippen LogP contribution < -0.4 is 11.1 Å². The number of carbonyl (C=O) groups is 2. The lowest BCUT2D eigenvalue weighted by molar-refractivity contribution is 0.0696. The first kappa shape index (κ1) is 14.1. The number of aromatic carboxylic acids is 1. The van der Waals surface area contributed by atoms with E-state index in [2.05, 4.69) is 21.2 Å². The molecule has 0 aliphatic carbocycles. The van der Waals surface area contributed by atoms with Gasteiger partial charge in [0.2, 0.25) is 0 Å². The molecule has 2 rings (SSSR count). The molecule has 0 saturated carbocycles. The van der Waals surface area contributed by atoms with Gasteiger partial charge in [-0.1, -0.05) is 15.9 Å². The highest BCUT2D eigenvalue weighted by Crippen LogP contribution is 2.20. The van der Waals surface area contributed by atoms with Crippen molar-refractivity contribution in [3.8, 4) is 0 Å². The van der Waals surface area contributed by atoms with E-state index in [0.29, 0.717) is 16.9 Å². The molecule has 0 spiro atoms. The van der Waals surface area contributed by atoms with Crippen molar-refractivity contribution in [3.63, 3.8) is 0 Å². The number of hydrogen-bond acceptors (Lipinski definition) is 3. The Bertz CT molecular complexity index is 669. The van der Waals surface area contributed by atoms with E-state index >= 15 is 0 Å². The SMILES string of the molecule is Nc1cc(Br)ccc1C(=O)Nc1ccc(C(=O)O)cc1. The number of halogens is 1. The number of nitrogens with one attached hydrogen (secondary N) is 1. The molecular formula is C14H11BrN2O3. The largest absolute Gasteiger partial charge is 0.478 e. The molecule has 6 heteroatoms. The number of nitrogens with two attached hydrogens (primary N) is 1. The molecule has 102 valence electrons. The van der Waals surface area contributed by atoms with E-state index in [1.807, 2.05) is 0 Å². The molecular weight excluding hydrogens is 324 g/mol. The molecule has 0 heterocycles. The highest BCUT2D eigenvalue weighted by Gasteiger charge is 2.10. The van der Waals surface area contributed by atoms with Gasteiger partial charge in [0.15, 0.2) is 0 Å². The van der Waals surface area contributed by atoms with E-state index in [0.717, 1.165) is 4.47 Å². The average Bonchev–Trinajstić information content (AvgIpc) is 2.39. The summed E-state index contributed by atoms with van der Waals surface area (Å²) in [5, 5.41) is 11.4. The Balaban J connectivity index is 2.17. The van der Waals surface area contributed by atoms with Crippen LogP contribution in [-0.4, -0.2) is 17.0 Å². The summed E-state index contributed by atoms with van der Waals surface area (Å²) in [7, 11) is 0. The minimum atomic E-state index is -1.01. The second-order valence-electron chi connectivity index (χ2n) is 4.07. The van der Waals surface area contributed by atoms with Crippen molar-refractivity contribution < 1.29 is 14.7 Å². The second-order valence-corrected chi connectivity index (χ2v) is 4.98. The molecule has 5 nitrogen and oxygen atoms in total. The van der Waals surface area contributed by atoms with Crippen molar-refractivity contribution >= 4 is 39.2 Å². The minimum absolute atomic E-state index is 0.158. The van der Waals surface area contributed by atoms with Gasteiger partial charge in [-0.2, -0.15) is 0 Å². The zero-order valence-corrected chi connectivity index (χ0v) is 11.8. The van der Waals surface area contributed by atoms with Gasteiger partial charge < -0.3 is 16.2 Å². The monoisotopic (exact) mass is 334 g/mol. The number of benzene rings is 2. The molecule has 2 aromatic rings. The summed E-state index contributed by atoms with van der Waals surface area (Å²) >= 11 is 3.27. The number of rotatable bonds is 3. The number of carbonyl (C=O) groups excluding carboxylic acids is 1. The Labute approximate surface area is 123 Å². The van der Waals surface area contributed by atoms with Gasteiger partial charge in [-0.05, 0) is 42.5 Å². The van der Waals surface area contributed by atoms with Crippen LogP contribution in [0.25, 0.3) is 0 Å². The van der Waals surface area contributed by atoms with Crippen molar-refractivity contribution in [2.45, 2.75) is 0 Å². The van der Waals surface area contributed by atoms with Crippen molar-refractivity contribution in [2.75, 3.05) is 11.1 Å². The van der Waals surface area contributed by atoms with Crippen LogP contribution in [0, 0.1) is 0 Å². The first-order valence-corrected chi connectivity index (χ1v) is 6.46. The van der Waals surface area contributed by atoms with Crippen molar-refractivity contribution in [2.24, 2.45) is 0 Å². The van der Waals surface area contributed by atoms with E-state index < -0.39 is 5.97 Å².